The van der Waals surface area contributed by atoms with Crippen molar-refractivity contribution in [3.63, 3.8) is 0 Å². The number of aliphatic hydroxyl groups is 1. The van der Waals surface area contributed by atoms with Crippen LogP contribution in [0, 0.1) is 5.92 Å². The standard InChI is InChI=1S/C8H13Br3O/c1-6-4-2-3-5-7(6,12)8(9,10)11/h6,12H,2-5H2,1H3/t6-,7-/m0/s1. The van der Waals surface area contributed by atoms with Crippen molar-refractivity contribution in [1.29, 1.82) is 0 Å². The van der Waals surface area contributed by atoms with Crippen LogP contribution in [0.3, 0.4) is 0 Å². The van der Waals surface area contributed by atoms with Crippen LogP contribution in [-0.4, -0.2) is 12.9 Å². The van der Waals surface area contributed by atoms with Gasteiger partial charge in [0.15, 0.2) is 2.14 Å². The van der Waals surface area contributed by atoms with Crippen LogP contribution < -0.4 is 0 Å². The summed E-state index contributed by atoms with van der Waals surface area (Å²) in [5.74, 6) is 0.323. The van der Waals surface area contributed by atoms with E-state index in [4.69, 9.17) is 0 Å². The van der Waals surface area contributed by atoms with Gasteiger partial charge in [0.05, 0.1) is 0 Å². The van der Waals surface area contributed by atoms with Gasteiger partial charge in [0.1, 0.15) is 5.60 Å². The molecule has 4 heteroatoms. The van der Waals surface area contributed by atoms with Crippen LogP contribution in [0.4, 0.5) is 0 Å². The number of hydrogen-bond acceptors (Lipinski definition) is 1. The summed E-state index contributed by atoms with van der Waals surface area (Å²) in [6.07, 6.45) is 4.27. The molecule has 0 aromatic carbocycles. The highest BCUT2D eigenvalue weighted by atomic mass is 80.0. The number of alkyl halides is 3. The van der Waals surface area contributed by atoms with E-state index in [2.05, 4.69) is 54.7 Å². The van der Waals surface area contributed by atoms with Gasteiger partial charge in [0.25, 0.3) is 0 Å². The molecule has 0 aromatic heterocycles. The van der Waals surface area contributed by atoms with Crippen molar-refractivity contribution in [3.05, 3.63) is 0 Å². The summed E-state index contributed by atoms with van der Waals surface area (Å²) in [7, 11) is 0. The second-order valence-corrected chi connectivity index (χ2v) is 10.3. The monoisotopic (exact) mass is 362 g/mol. The Morgan fingerprint density at radius 1 is 1.33 bits per heavy atom. The summed E-state index contributed by atoms with van der Waals surface area (Å²) in [6, 6.07) is 0. The Morgan fingerprint density at radius 3 is 2.25 bits per heavy atom. The zero-order valence-corrected chi connectivity index (χ0v) is 11.7. The first kappa shape index (κ1) is 11.5. The van der Waals surface area contributed by atoms with Crippen molar-refractivity contribution >= 4 is 47.8 Å². The lowest BCUT2D eigenvalue weighted by molar-refractivity contribution is -0.0287. The Morgan fingerprint density at radius 2 is 1.92 bits per heavy atom. The van der Waals surface area contributed by atoms with Crippen LogP contribution in [0.25, 0.3) is 0 Å². The molecular formula is C8H13Br3O. The van der Waals surface area contributed by atoms with Crippen molar-refractivity contribution < 1.29 is 5.11 Å². The molecule has 1 N–H and O–H groups in total. The van der Waals surface area contributed by atoms with E-state index in [0.717, 1.165) is 19.3 Å². The minimum atomic E-state index is -0.675. The lowest BCUT2D eigenvalue weighted by Crippen LogP contribution is -2.49. The molecule has 1 aliphatic rings. The highest BCUT2D eigenvalue weighted by Gasteiger charge is 2.49. The summed E-state index contributed by atoms with van der Waals surface area (Å²) in [5, 5.41) is 10.3. The summed E-state index contributed by atoms with van der Waals surface area (Å²) >= 11 is 10.3. The van der Waals surface area contributed by atoms with E-state index >= 15 is 0 Å². The van der Waals surface area contributed by atoms with Gasteiger partial charge in [0, 0.05) is 0 Å². The lowest BCUT2D eigenvalue weighted by Gasteiger charge is -2.43. The van der Waals surface area contributed by atoms with Gasteiger partial charge in [-0.2, -0.15) is 0 Å². The number of halogens is 3. The van der Waals surface area contributed by atoms with E-state index in [1.807, 2.05) is 0 Å². The highest BCUT2D eigenvalue weighted by Crippen LogP contribution is 2.52. The van der Waals surface area contributed by atoms with Gasteiger partial charge < -0.3 is 5.11 Å². The van der Waals surface area contributed by atoms with E-state index in [-0.39, 0.29) is 0 Å². The van der Waals surface area contributed by atoms with Gasteiger partial charge in [-0.1, -0.05) is 67.6 Å². The summed E-state index contributed by atoms with van der Waals surface area (Å²) in [6.45, 7) is 2.09. The Kier molecular flexibility index (Phi) is 3.70. The average Bonchev–Trinajstić information content (AvgIpc) is 1.93. The Bertz CT molecular complexity index is 166. The fourth-order valence-corrected chi connectivity index (χ4v) is 3.52. The first-order valence-corrected chi connectivity index (χ1v) is 6.55. The van der Waals surface area contributed by atoms with Crippen LogP contribution in [-0.2, 0) is 0 Å². The fraction of sp³-hybridized carbons (Fsp3) is 1.00. The van der Waals surface area contributed by atoms with Gasteiger partial charge in [-0.05, 0) is 18.8 Å². The van der Waals surface area contributed by atoms with Crippen LogP contribution >= 0.6 is 47.8 Å². The van der Waals surface area contributed by atoms with Crippen LogP contribution in [0.2, 0.25) is 0 Å². The minimum absolute atomic E-state index is 0.323. The molecule has 1 aliphatic carbocycles. The van der Waals surface area contributed by atoms with Crippen molar-refractivity contribution in [2.45, 2.75) is 40.4 Å². The molecule has 0 aromatic rings. The van der Waals surface area contributed by atoms with Gasteiger partial charge in [0.2, 0.25) is 0 Å². The van der Waals surface area contributed by atoms with Crippen molar-refractivity contribution in [2.24, 2.45) is 5.92 Å². The largest absolute Gasteiger partial charge is 0.386 e. The SMILES string of the molecule is C[C@H]1CCCC[C@@]1(O)C(Br)(Br)Br. The van der Waals surface area contributed by atoms with Gasteiger partial charge >= 0.3 is 0 Å². The molecule has 0 heterocycles. The maximum Gasteiger partial charge on any atom is 0.163 e. The first-order valence-electron chi connectivity index (χ1n) is 4.17. The molecule has 1 saturated carbocycles. The molecular weight excluding hydrogens is 352 g/mol. The van der Waals surface area contributed by atoms with E-state index in [0.29, 0.717) is 5.92 Å². The van der Waals surface area contributed by atoms with E-state index in [1.54, 1.807) is 0 Å². The number of rotatable bonds is 0. The zero-order valence-electron chi connectivity index (χ0n) is 6.99. The third-order valence-corrected chi connectivity index (χ3v) is 4.81. The van der Waals surface area contributed by atoms with Crippen LogP contribution in [0.5, 0.6) is 0 Å². The molecule has 2 atom stereocenters. The molecule has 1 fully saturated rings. The van der Waals surface area contributed by atoms with Gasteiger partial charge in [-0.3, -0.25) is 0 Å². The maximum atomic E-state index is 10.3. The minimum Gasteiger partial charge on any atom is -0.386 e. The quantitative estimate of drug-likeness (QED) is 0.649. The zero-order chi connectivity index (χ0) is 9.41. The first-order chi connectivity index (χ1) is 5.38. The van der Waals surface area contributed by atoms with E-state index in [1.165, 1.54) is 6.42 Å². The average molecular weight is 365 g/mol. The van der Waals surface area contributed by atoms with E-state index in [9.17, 15) is 5.11 Å². The second kappa shape index (κ2) is 3.87. The van der Waals surface area contributed by atoms with Crippen molar-refractivity contribution in [3.8, 4) is 0 Å². The Balaban J connectivity index is 2.79. The molecule has 1 nitrogen and oxygen atoms in total. The summed E-state index contributed by atoms with van der Waals surface area (Å²) in [4.78, 5) is 0. The molecule has 72 valence electrons. The molecule has 0 unspecified atom stereocenters. The Hall–Kier alpha value is 1.40. The fourth-order valence-electron chi connectivity index (χ4n) is 1.75. The predicted octanol–water partition coefficient (Wildman–Crippen LogP) is 3.77. The number of hydrogen-bond donors (Lipinski definition) is 1. The molecule has 0 spiro atoms. The molecule has 0 radical (unpaired) electrons. The Labute approximate surface area is 98.7 Å². The molecule has 1 rings (SSSR count). The summed E-state index contributed by atoms with van der Waals surface area (Å²) in [5.41, 5.74) is -0.675. The third kappa shape index (κ3) is 2.07. The van der Waals surface area contributed by atoms with Gasteiger partial charge in [-0.25, -0.2) is 0 Å². The smallest absolute Gasteiger partial charge is 0.163 e. The lowest BCUT2D eigenvalue weighted by atomic mass is 9.78. The van der Waals surface area contributed by atoms with Crippen LogP contribution in [0.1, 0.15) is 32.6 Å². The molecule has 0 amide bonds. The molecule has 0 bridgehead atoms. The molecule has 0 saturated heterocycles. The van der Waals surface area contributed by atoms with Crippen molar-refractivity contribution in [2.75, 3.05) is 0 Å². The predicted molar refractivity (Wildman–Crippen MR) is 62.1 cm³/mol. The van der Waals surface area contributed by atoms with Crippen molar-refractivity contribution in [1.82, 2.24) is 0 Å². The second-order valence-electron chi connectivity index (χ2n) is 3.57. The normalized spacial score (nSPS) is 38.2. The summed E-state index contributed by atoms with van der Waals surface area (Å²) < 4.78 is -0.528. The maximum absolute atomic E-state index is 10.3. The topological polar surface area (TPSA) is 20.2 Å². The molecule has 12 heavy (non-hydrogen) atoms. The van der Waals surface area contributed by atoms with Gasteiger partial charge in [-0.15, -0.1) is 0 Å². The van der Waals surface area contributed by atoms with Crippen LogP contribution in [0.15, 0.2) is 0 Å². The van der Waals surface area contributed by atoms with E-state index < -0.39 is 7.74 Å². The molecule has 0 aliphatic heterocycles. The highest BCUT2D eigenvalue weighted by molar-refractivity contribution is 9.39. The third-order valence-electron chi connectivity index (χ3n) is 2.75.